The van der Waals surface area contributed by atoms with Crippen LogP contribution in [0.25, 0.3) is 0 Å². The average Bonchev–Trinajstić information content (AvgIpc) is 2.64. The zero-order chi connectivity index (χ0) is 16.1. The number of benzene rings is 3. The van der Waals surface area contributed by atoms with Gasteiger partial charge in [-0.05, 0) is 48.5 Å². The van der Waals surface area contributed by atoms with Crippen molar-refractivity contribution in [2.45, 2.75) is 0 Å². The second-order valence-corrected chi connectivity index (χ2v) is 5.01. The second kappa shape index (κ2) is 6.66. The third-order valence-corrected chi connectivity index (χ3v) is 3.54. The van der Waals surface area contributed by atoms with E-state index in [4.69, 9.17) is 10.9 Å². The molecular formula is C19H16N4. The highest BCUT2D eigenvalue weighted by Gasteiger charge is 2.11. The summed E-state index contributed by atoms with van der Waals surface area (Å²) in [6, 6.07) is 27.8. The number of para-hydroxylation sites is 2. The Hall–Kier alpha value is -3.27. The van der Waals surface area contributed by atoms with E-state index in [0.717, 1.165) is 17.1 Å². The molecule has 3 aromatic rings. The summed E-state index contributed by atoms with van der Waals surface area (Å²) in [4.78, 5) is 2.14. The van der Waals surface area contributed by atoms with Gasteiger partial charge in [0.25, 0.3) is 0 Å². The molecule has 2 N–H and O–H groups in total. The quantitative estimate of drug-likeness (QED) is 0.372. The van der Waals surface area contributed by atoms with Gasteiger partial charge in [0.05, 0.1) is 0 Å². The van der Waals surface area contributed by atoms with E-state index in [1.54, 1.807) is 0 Å². The maximum absolute atomic E-state index is 7.62. The molecule has 0 saturated heterocycles. The molecule has 0 atom stereocenters. The van der Waals surface area contributed by atoms with Gasteiger partial charge in [-0.2, -0.15) is 0 Å². The first-order chi connectivity index (χ1) is 11.3. The van der Waals surface area contributed by atoms with Gasteiger partial charge in [0.15, 0.2) is 5.84 Å². The summed E-state index contributed by atoms with van der Waals surface area (Å²) in [6.45, 7) is 0. The van der Waals surface area contributed by atoms with Gasteiger partial charge in [-0.3, -0.25) is 5.41 Å². The van der Waals surface area contributed by atoms with Crippen molar-refractivity contribution in [3.05, 3.63) is 90.5 Å². The maximum atomic E-state index is 7.62. The van der Waals surface area contributed by atoms with Gasteiger partial charge in [-0.1, -0.05) is 36.4 Å². The Morgan fingerprint density at radius 2 is 1.09 bits per heavy atom. The molecule has 3 aromatic carbocycles. The monoisotopic (exact) mass is 300 g/mol. The van der Waals surface area contributed by atoms with E-state index in [1.807, 2.05) is 60.7 Å². The lowest BCUT2D eigenvalue weighted by molar-refractivity contribution is 1.16. The highest BCUT2D eigenvalue weighted by atomic mass is 15.1. The highest BCUT2D eigenvalue weighted by Crippen LogP contribution is 2.33. The second-order valence-electron chi connectivity index (χ2n) is 5.01. The van der Waals surface area contributed by atoms with E-state index < -0.39 is 0 Å². The number of anilines is 3. The topological polar surface area (TPSA) is 63.3 Å². The fourth-order valence-corrected chi connectivity index (χ4v) is 2.43. The van der Waals surface area contributed by atoms with Crippen molar-refractivity contribution in [2.75, 3.05) is 4.90 Å². The normalized spacial score (nSPS) is 10.1. The molecule has 0 spiro atoms. The van der Waals surface area contributed by atoms with Gasteiger partial charge in [0.2, 0.25) is 0 Å². The van der Waals surface area contributed by atoms with Crippen molar-refractivity contribution in [3.8, 4) is 0 Å². The van der Waals surface area contributed by atoms with Crippen LogP contribution in [0, 0.1) is 10.9 Å². The first-order valence-electron chi connectivity index (χ1n) is 7.26. The number of hydrogen-bond acceptors (Lipinski definition) is 3. The Bertz CT molecular complexity index is 756. The van der Waals surface area contributed by atoms with E-state index >= 15 is 0 Å². The Kier molecular flexibility index (Phi) is 4.25. The molecule has 0 fully saturated rings. The zero-order valence-electron chi connectivity index (χ0n) is 12.5. The average molecular weight is 300 g/mol. The molecule has 0 heterocycles. The predicted octanol–water partition coefficient (Wildman–Crippen LogP) is 5.51. The SMILES string of the molecule is N=NC(=N)c1ccc(N(c2ccccc2)c2ccccc2)cc1. The van der Waals surface area contributed by atoms with E-state index in [9.17, 15) is 0 Å². The maximum Gasteiger partial charge on any atom is 0.173 e. The lowest BCUT2D eigenvalue weighted by Gasteiger charge is -2.25. The van der Waals surface area contributed by atoms with Gasteiger partial charge in [0.1, 0.15) is 0 Å². The van der Waals surface area contributed by atoms with Crippen molar-refractivity contribution < 1.29 is 0 Å². The fraction of sp³-hybridized carbons (Fsp3) is 0. The van der Waals surface area contributed by atoms with E-state index in [2.05, 4.69) is 34.3 Å². The Labute approximate surface area is 135 Å². The van der Waals surface area contributed by atoms with Crippen molar-refractivity contribution in [2.24, 2.45) is 5.11 Å². The number of nitrogens with one attached hydrogen (secondary N) is 2. The molecule has 0 unspecified atom stereocenters. The van der Waals surface area contributed by atoms with Crippen LogP contribution in [0.15, 0.2) is 90.0 Å². The summed E-state index contributed by atoms with van der Waals surface area (Å²) in [5.41, 5.74) is 10.7. The van der Waals surface area contributed by atoms with Crippen molar-refractivity contribution in [3.63, 3.8) is 0 Å². The van der Waals surface area contributed by atoms with Crippen molar-refractivity contribution in [1.82, 2.24) is 0 Å². The van der Waals surface area contributed by atoms with Crippen molar-refractivity contribution in [1.29, 1.82) is 10.9 Å². The molecule has 0 amide bonds. The minimum absolute atomic E-state index is 0.0393. The molecule has 4 heteroatoms. The molecule has 112 valence electrons. The van der Waals surface area contributed by atoms with Crippen LogP contribution in [0.3, 0.4) is 0 Å². The number of nitrogens with zero attached hydrogens (tertiary/aromatic N) is 2. The van der Waals surface area contributed by atoms with Gasteiger partial charge in [-0.15, -0.1) is 5.11 Å². The Morgan fingerprint density at radius 1 is 0.652 bits per heavy atom. The van der Waals surface area contributed by atoms with Crippen molar-refractivity contribution >= 4 is 22.9 Å². The molecule has 3 rings (SSSR count). The Balaban J connectivity index is 2.06. The summed E-state index contributed by atoms with van der Waals surface area (Å²) in [7, 11) is 0. The molecule has 0 bridgehead atoms. The lowest BCUT2D eigenvalue weighted by atomic mass is 10.1. The molecule has 4 nitrogen and oxygen atoms in total. The predicted molar refractivity (Wildman–Crippen MR) is 93.1 cm³/mol. The first kappa shape index (κ1) is 14.7. The van der Waals surface area contributed by atoms with Gasteiger partial charge in [-0.25, -0.2) is 5.53 Å². The van der Waals surface area contributed by atoms with E-state index in [-0.39, 0.29) is 5.84 Å². The number of amidine groups is 1. The van der Waals surface area contributed by atoms with Gasteiger partial charge >= 0.3 is 0 Å². The van der Waals surface area contributed by atoms with Crippen LogP contribution in [0.5, 0.6) is 0 Å². The molecule has 0 aliphatic carbocycles. The molecule has 23 heavy (non-hydrogen) atoms. The molecule has 0 aliphatic heterocycles. The number of rotatable bonds is 4. The van der Waals surface area contributed by atoms with Crippen LogP contribution < -0.4 is 4.90 Å². The fourth-order valence-electron chi connectivity index (χ4n) is 2.43. The molecular weight excluding hydrogens is 284 g/mol. The highest BCUT2D eigenvalue weighted by molar-refractivity contribution is 5.97. The van der Waals surface area contributed by atoms with Crippen LogP contribution in [0.2, 0.25) is 0 Å². The van der Waals surface area contributed by atoms with Gasteiger partial charge < -0.3 is 4.90 Å². The smallest absolute Gasteiger partial charge is 0.173 e. The molecule has 0 aromatic heterocycles. The molecule has 0 aliphatic rings. The van der Waals surface area contributed by atoms with Crippen LogP contribution in [-0.4, -0.2) is 5.84 Å². The summed E-state index contributed by atoms with van der Waals surface area (Å²) < 4.78 is 0. The Morgan fingerprint density at radius 3 is 1.52 bits per heavy atom. The first-order valence-corrected chi connectivity index (χ1v) is 7.26. The number of hydrogen-bond donors (Lipinski definition) is 2. The third-order valence-electron chi connectivity index (χ3n) is 3.54. The van der Waals surface area contributed by atoms with Crippen LogP contribution >= 0.6 is 0 Å². The van der Waals surface area contributed by atoms with Crippen LogP contribution in [-0.2, 0) is 0 Å². The largest absolute Gasteiger partial charge is 0.311 e. The standard InChI is InChI=1S/C19H16N4/c20-19(22-21)15-11-13-18(14-12-15)23(16-7-3-1-4-8-16)17-9-5-2-6-10-17/h1-14,20-21H. The molecule has 0 radical (unpaired) electrons. The van der Waals surface area contributed by atoms with Gasteiger partial charge in [0, 0.05) is 22.6 Å². The minimum Gasteiger partial charge on any atom is -0.311 e. The summed E-state index contributed by atoms with van der Waals surface area (Å²) >= 11 is 0. The summed E-state index contributed by atoms with van der Waals surface area (Å²) in [5.74, 6) is -0.0393. The van der Waals surface area contributed by atoms with E-state index in [1.165, 1.54) is 0 Å². The summed E-state index contributed by atoms with van der Waals surface area (Å²) in [5, 5.41) is 10.8. The van der Waals surface area contributed by atoms with Crippen LogP contribution in [0.4, 0.5) is 17.1 Å². The lowest BCUT2D eigenvalue weighted by Crippen LogP contribution is -2.09. The molecule has 0 saturated carbocycles. The van der Waals surface area contributed by atoms with Crippen LogP contribution in [0.1, 0.15) is 5.56 Å². The minimum atomic E-state index is -0.0393. The zero-order valence-corrected chi connectivity index (χ0v) is 12.5. The van der Waals surface area contributed by atoms with E-state index in [0.29, 0.717) is 5.56 Å². The third kappa shape index (κ3) is 3.16. The summed E-state index contributed by atoms with van der Waals surface area (Å²) in [6.07, 6.45) is 0.